The molecule has 0 aliphatic heterocycles. The molecule has 4 heteroatoms. The summed E-state index contributed by atoms with van der Waals surface area (Å²) in [6, 6.07) is 3.93. The molecule has 1 heterocycles. The first kappa shape index (κ1) is 13.8. The standard InChI is InChI=1S/C15H22N2O2/c1-3-19-14-13(10-7-11-16-14)15(18)17(2)12-8-5-4-6-9-12/h7,10-12H,3-6,8-9H2,1-2H3. The third-order valence-electron chi connectivity index (χ3n) is 3.73. The predicted molar refractivity (Wildman–Crippen MR) is 74.4 cm³/mol. The van der Waals surface area contributed by atoms with Gasteiger partial charge in [-0.2, -0.15) is 0 Å². The van der Waals surface area contributed by atoms with Crippen LogP contribution in [0, 0.1) is 0 Å². The Morgan fingerprint density at radius 2 is 2.16 bits per heavy atom. The van der Waals surface area contributed by atoms with Crippen LogP contribution in [0.3, 0.4) is 0 Å². The maximum atomic E-state index is 12.5. The van der Waals surface area contributed by atoms with Crippen molar-refractivity contribution >= 4 is 5.91 Å². The fraction of sp³-hybridized carbons (Fsp3) is 0.600. The first-order valence-corrected chi connectivity index (χ1v) is 7.09. The van der Waals surface area contributed by atoms with Gasteiger partial charge in [-0.25, -0.2) is 4.98 Å². The number of aromatic nitrogens is 1. The van der Waals surface area contributed by atoms with Crippen LogP contribution in [-0.4, -0.2) is 35.5 Å². The Bertz CT molecular complexity index is 428. The van der Waals surface area contributed by atoms with E-state index in [0.717, 1.165) is 12.8 Å². The first-order chi connectivity index (χ1) is 9.24. The molecule has 0 unspecified atom stereocenters. The van der Waals surface area contributed by atoms with Gasteiger partial charge in [-0.1, -0.05) is 19.3 Å². The lowest BCUT2D eigenvalue weighted by Crippen LogP contribution is -2.38. The van der Waals surface area contributed by atoms with Gasteiger partial charge in [0.05, 0.1) is 6.61 Å². The zero-order valence-electron chi connectivity index (χ0n) is 11.8. The summed E-state index contributed by atoms with van der Waals surface area (Å²) in [7, 11) is 1.89. The number of rotatable bonds is 4. The van der Waals surface area contributed by atoms with Crippen LogP contribution >= 0.6 is 0 Å². The van der Waals surface area contributed by atoms with Crippen molar-refractivity contribution in [2.45, 2.75) is 45.1 Å². The maximum absolute atomic E-state index is 12.5. The van der Waals surface area contributed by atoms with Gasteiger partial charge >= 0.3 is 0 Å². The Kier molecular flexibility index (Phi) is 4.77. The second-order valence-electron chi connectivity index (χ2n) is 5.00. The van der Waals surface area contributed by atoms with Crippen LogP contribution in [-0.2, 0) is 0 Å². The fourth-order valence-corrected chi connectivity index (χ4v) is 2.63. The molecule has 0 saturated heterocycles. The molecule has 1 aromatic rings. The molecule has 19 heavy (non-hydrogen) atoms. The highest BCUT2D eigenvalue weighted by Crippen LogP contribution is 2.24. The van der Waals surface area contributed by atoms with Crippen molar-refractivity contribution in [2.24, 2.45) is 0 Å². The van der Waals surface area contributed by atoms with Crippen molar-refractivity contribution in [1.82, 2.24) is 9.88 Å². The van der Waals surface area contributed by atoms with E-state index in [-0.39, 0.29) is 5.91 Å². The summed E-state index contributed by atoms with van der Waals surface area (Å²) in [5.41, 5.74) is 0.567. The molecule has 0 spiro atoms. The average Bonchev–Trinajstić information content (AvgIpc) is 2.47. The Hall–Kier alpha value is -1.58. The van der Waals surface area contributed by atoms with Crippen LogP contribution < -0.4 is 4.74 Å². The van der Waals surface area contributed by atoms with Gasteiger partial charge in [-0.05, 0) is 31.9 Å². The van der Waals surface area contributed by atoms with E-state index in [1.165, 1.54) is 19.3 Å². The lowest BCUT2D eigenvalue weighted by atomic mass is 9.94. The van der Waals surface area contributed by atoms with E-state index in [1.807, 2.05) is 18.9 Å². The molecule has 1 fully saturated rings. The van der Waals surface area contributed by atoms with Gasteiger partial charge in [0.2, 0.25) is 5.88 Å². The SMILES string of the molecule is CCOc1ncccc1C(=O)N(C)C1CCCCC1. The molecule has 1 aromatic heterocycles. The molecule has 1 saturated carbocycles. The molecular formula is C15H22N2O2. The minimum absolute atomic E-state index is 0.0171. The summed E-state index contributed by atoms with van der Waals surface area (Å²) in [6.45, 7) is 2.41. The number of carbonyl (C=O) groups excluding carboxylic acids is 1. The molecule has 0 aromatic carbocycles. The highest BCUT2D eigenvalue weighted by molar-refractivity contribution is 5.96. The lowest BCUT2D eigenvalue weighted by Gasteiger charge is -2.31. The molecule has 4 nitrogen and oxygen atoms in total. The quantitative estimate of drug-likeness (QED) is 0.838. The predicted octanol–water partition coefficient (Wildman–Crippen LogP) is 2.89. The number of nitrogens with zero attached hydrogens (tertiary/aromatic N) is 2. The summed E-state index contributed by atoms with van der Waals surface area (Å²) in [5, 5.41) is 0. The van der Waals surface area contributed by atoms with E-state index in [1.54, 1.807) is 18.3 Å². The second-order valence-corrected chi connectivity index (χ2v) is 5.00. The van der Waals surface area contributed by atoms with E-state index >= 15 is 0 Å². The summed E-state index contributed by atoms with van der Waals surface area (Å²) in [5.74, 6) is 0.459. The molecule has 0 atom stereocenters. The van der Waals surface area contributed by atoms with Crippen LogP contribution in [0.1, 0.15) is 49.4 Å². The number of carbonyl (C=O) groups is 1. The van der Waals surface area contributed by atoms with Crippen LogP contribution in [0.5, 0.6) is 5.88 Å². The van der Waals surface area contributed by atoms with Crippen molar-refractivity contribution in [3.8, 4) is 5.88 Å². The largest absolute Gasteiger partial charge is 0.477 e. The number of ether oxygens (including phenoxy) is 1. The fourth-order valence-electron chi connectivity index (χ4n) is 2.63. The van der Waals surface area contributed by atoms with Crippen molar-refractivity contribution in [3.05, 3.63) is 23.9 Å². The maximum Gasteiger partial charge on any atom is 0.259 e. The van der Waals surface area contributed by atoms with Crippen molar-refractivity contribution in [3.63, 3.8) is 0 Å². The molecule has 104 valence electrons. The molecule has 0 N–H and O–H groups in total. The second kappa shape index (κ2) is 6.55. The van der Waals surface area contributed by atoms with Gasteiger partial charge < -0.3 is 9.64 Å². The summed E-state index contributed by atoms with van der Waals surface area (Å²) >= 11 is 0. The van der Waals surface area contributed by atoms with E-state index in [0.29, 0.717) is 24.1 Å². The minimum atomic E-state index is 0.0171. The monoisotopic (exact) mass is 262 g/mol. The number of pyridine rings is 1. The third-order valence-corrected chi connectivity index (χ3v) is 3.73. The van der Waals surface area contributed by atoms with Crippen LogP contribution in [0.4, 0.5) is 0 Å². The Morgan fingerprint density at radius 1 is 1.42 bits per heavy atom. The number of hydrogen-bond donors (Lipinski definition) is 0. The van der Waals surface area contributed by atoms with E-state index < -0.39 is 0 Å². The van der Waals surface area contributed by atoms with Crippen LogP contribution in [0.25, 0.3) is 0 Å². The van der Waals surface area contributed by atoms with E-state index in [4.69, 9.17) is 4.74 Å². The van der Waals surface area contributed by atoms with Crippen molar-refractivity contribution < 1.29 is 9.53 Å². The summed E-state index contributed by atoms with van der Waals surface area (Å²) in [4.78, 5) is 18.6. The van der Waals surface area contributed by atoms with Gasteiger partial charge in [-0.15, -0.1) is 0 Å². The smallest absolute Gasteiger partial charge is 0.259 e. The highest BCUT2D eigenvalue weighted by Gasteiger charge is 2.25. The molecular weight excluding hydrogens is 240 g/mol. The molecule has 1 amide bonds. The minimum Gasteiger partial charge on any atom is -0.477 e. The molecule has 2 rings (SSSR count). The highest BCUT2D eigenvalue weighted by atomic mass is 16.5. The van der Waals surface area contributed by atoms with Gasteiger partial charge in [0, 0.05) is 19.3 Å². The molecule has 0 radical (unpaired) electrons. The topological polar surface area (TPSA) is 42.4 Å². The molecule has 1 aliphatic rings. The van der Waals surface area contributed by atoms with Crippen molar-refractivity contribution in [2.75, 3.05) is 13.7 Å². The zero-order chi connectivity index (χ0) is 13.7. The Labute approximate surface area is 114 Å². The van der Waals surface area contributed by atoms with Crippen LogP contribution in [0.15, 0.2) is 18.3 Å². The zero-order valence-corrected chi connectivity index (χ0v) is 11.8. The van der Waals surface area contributed by atoms with Gasteiger partial charge in [0.1, 0.15) is 5.56 Å². The summed E-state index contributed by atoms with van der Waals surface area (Å²) in [6.07, 6.45) is 7.58. The van der Waals surface area contributed by atoms with E-state index in [2.05, 4.69) is 4.98 Å². The normalized spacial score (nSPS) is 16.1. The van der Waals surface area contributed by atoms with Crippen LogP contribution in [0.2, 0.25) is 0 Å². The molecule has 0 bridgehead atoms. The third kappa shape index (κ3) is 3.25. The molecule has 1 aliphatic carbocycles. The van der Waals surface area contributed by atoms with Gasteiger partial charge in [0.15, 0.2) is 0 Å². The lowest BCUT2D eigenvalue weighted by molar-refractivity contribution is 0.0691. The summed E-state index contributed by atoms with van der Waals surface area (Å²) < 4.78 is 5.44. The Morgan fingerprint density at radius 3 is 2.84 bits per heavy atom. The average molecular weight is 262 g/mol. The first-order valence-electron chi connectivity index (χ1n) is 7.09. The Balaban J connectivity index is 2.13. The van der Waals surface area contributed by atoms with E-state index in [9.17, 15) is 4.79 Å². The van der Waals surface area contributed by atoms with Gasteiger partial charge in [-0.3, -0.25) is 4.79 Å². The number of amides is 1. The van der Waals surface area contributed by atoms with Crippen molar-refractivity contribution in [1.29, 1.82) is 0 Å². The van der Waals surface area contributed by atoms with Gasteiger partial charge in [0.25, 0.3) is 5.91 Å². The number of hydrogen-bond acceptors (Lipinski definition) is 3.